The van der Waals surface area contributed by atoms with Gasteiger partial charge in [-0.1, -0.05) is 20.8 Å². The first-order chi connectivity index (χ1) is 6.91. The number of carboxylic acids is 1. The SMILES string of the molecule is CCC1(C2CC2(C)C)N[C@H](C(=O)O)CS1. The van der Waals surface area contributed by atoms with Crippen molar-refractivity contribution in [2.45, 2.75) is 44.5 Å². The maximum Gasteiger partial charge on any atom is 0.321 e. The van der Waals surface area contributed by atoms with E-state index in [2.05, 4.69) is 26.1 Å². The molecule has 2 N–H and O–H groups in total. The molecule has 1 saturated carbocycles. The van der Waals surface area contributed by atoms with Crippen molar-refractivity contribution in [1.82, 2.24) is 5.32 Å². The molecule has 2 aliphatic rings. The minimum atomic E-state index is -0.712. The van der Waals surface area contributed by atoms with Gasteiger partial charge in [-0.15, -0.1) is 11.8 Å². The van der Waals surface area contributed by atoms with Crippen molar-refractivity contribution < 1.29 is 9.90 Å². The molecule has 4 heteroatoms. The van der Waals surface area contributed by atoms with Gasteiger partial charge in [0, 0.05) is 5.75 Å². The largest absolute Gasteiger partial charge is 0.480 e. The number of rotatable bonds is 3. The normalized spacial score (nSPS) is 42.9. The lowest BCUT2D eigenvalue weighted by Crippen LogP contribution is -2.47. The molecule has 2 unspecified atom stereocenters. The molecule has 0 aromatic heterocycles. The van der Waals surface area contributed by atoms with Crippen LogP contribution in [-0.4, -0.2) is 27.7 Å². The van der Waals surface area contributed by atoms with Gasteiger partial charge < -0.3 is 5.11 Å². The molecule has 0 amide bonds. The van der Waals surface area contributed by atoms with E-state index in [0.29, 0.717) is 17.1 Å². The fraction of sp³-hybridized carbons (Fsp3) is 0.909. The molecule has 3 atom stereocenters. The van der Waals surface area contributed by atoms with Crippen molar-refractivity contribution >= 4 is 17.7 Å². The second-order valence-corrected chi connectivity index (χ2v) is 6.69. The first-order valence-corrected chi connectivity index (χ1v) is 6.54. The van der Waals surface area contributed by atoms with Crippen molar-refractivity contribution in [2.24, 2.45) is 11.3 Å². The van der Waals surface area contributed by atoms with Gasteiger partial charge in [0.15, 0.2) is 0 Å². The predicted molar refractivity (Wildman–Crippen MR) is 61.9 cm³/mol. The molecule has 2 fully saturated rings. The molecule has 1 aliphatic carbocycles. The molecular weight excluding hydrogens is 210 g/mol. The average Bonchev–Trinajstić information content (AvgIpc) is 2.67. The van der Waals surface area contributed by atoms with E-state index in [1.807, 2.05) is 11.8 Å². The first-order valence-electron chi connectivity index (χ1n) is 5.56. The molecule has 0 radical (unpaired) electrons. The number of carboxylic acid groups (broad SMARTS) is 1. The third kappa shape index (κ3) is 1.78. The Morgan fingerprint density at radius 3 is 2.53 bits per heavy atom. The molecule has 1 saturated heterocycles. The zero-order chi connectivity index (χ0) is 11.3. The number of nitrogens with one attached hydrogen (secondary N) is 1. The Morgan fingerprint density at radius 1 is 1.60 bits per heavy atom. The van der Waals surface area contributed by atoms with E-state index >= 15 is 0 Å². The molecule has 0 spiro atoms. The molecular formula is C11H19NO2S. The third-order valence-electron chi connectivity index (χ3n) is 3.83. The summed E-state index contributed by atoms with van der Waals surface area (Å²) >= 11 is 1.81. The molecule has 15 heavy (non-hydrogen) atoms. The molecule has 0 bridgehead atoms. The Hall–Kier alpha value is -0.220. The van der Waals surface area contributed by atoms with Crippen LogP contribution in [0.25, 0.3) is 0 Å². The summed E-state index contributed by atoms with van der Waals surface area (Å²) < 4.78 is 0. The summed E-state index contributed by atoms with van der Waals surface area (Å²) in [7, 11) is 0. The first kappa shape index (κ1) is 11.3. The van der Waals surface area contributed by atoms with Crippen molar-refractivity contribution in [3.05, 3.63) is 0 Å². The number of thioether (sulfide) groups is 1. The van der Waals surface area contributed by atoms with Crippen LogP contribution in [0, 0.1) is 11.3 Å². The summed E-state index contributed by atoms with van der Waals surface area (Å²) in [6.07, 6.45) is 2.22. The predicted octanol–water partition coefficient (Wildman–Crippen LogP) is 1.93. The number of carbonyl (C=O) groups is 1. The molecule has 1 aliphatic heterocycles. The van der Waals surface area contributed by atoms with E-state index in [1.165, 1.54) is 6.42 Å². The number of hydrogen-bond donors (Lipinski definition) is 2. The topological polar surface area (TPSA) is 49.3 Å². The maximum absolute atomic E-state index is 10.9. The highest BCUT2D eigenvalue weighted by Crippen LogP contribution is 2.62. The van der Waals surface area contributed by atoms with Crippen LogP contribution in [-0.2, 0) is 4.79 Å². The zero-order valence-electron chi connectivity index (χ0n) is 9.54. The summed E-state index contributed by atoms with van der Waals surface area (Å²) in [5.74, 6) is 0.621. The van der Waals surface area contributed by atoms with Gasteiger partial charge in [0.2, 0.25) is 0 Å². The Morgan fingerprint density at radius 2 is 2.20 bits per heavy atom. The monoisotopic (exact) mass is 229 g/mol. The van der Waals surface area contributed by atoms with Gasteiger partial charge in [0.25, 0.3) is 0 Å². The van der Waals surface area contributed by atoms with Crippen LogP contribution < -0.4 is 5.32 Å². The minimum absolute atomic E-state index is 0.0204. The van der Waals surface area contributed by atoms with Gasteiger partial charge in [-0.25, -0.2) is 0 Å². The Labute approximate surface area is 95.0 Å². The van der Waals surface area contributed by atoms with Crippen LogP contribution in [0.15, 0.2) is 0 Å². The van der Waals surface area contributed by atoms with Gasteiger partial charge in [0.05, 0.1) is 4.87 Å². The zero-order valence-corrected chi connectivity index (χ0v) is 10.4. The van der Waals surface area contributed by atoms with Gasteiger partial charge in [-0.3, -0.25) is 10.1 Å². The quantitative estimate of drug-likeness (QED) is 0.776. The van der Waals surface area contributed by atoms with Crippen LogP contribution in [0.4, 0.5) is 0 Å². The molecule has 86 valence electrons. The summed E-state index contributed by atoms with van der Waals surface area (Å²) in [4.78, 5) is 11.0. The van der Waals surface area contributed by atoms with E-state index < -0.39 is 5.97 Å². The van der Waals surface area contributed by atoms with Crippen molar-refractivity contribution in [3.63, 3.8) is 0 Å². The summed E-state index contributed by atoms with van der Waals surface area (Å²) in [5.41, 5.74) is 0.392. The molecule has 3 nitrogen and oxygen atoms in total. The lowest BCUT2D eigenvalue weighted by molar-refractivity contribution is -0.139. The van der Waals surface area contributed by atoms with E-state index in [4.69, 9.17) is 5.11 Å². The highest BCUT2D eigenvalue weighted by atomic mass is 32.2. The van der Waals surface area contributed by atoms with Gasteiger partial charge in [-0.05, 0) is 24.2 Å². The van der Waals surface area contributed by atoms with Crippen molar-refractivity contribution in [3.8, 4) is 0 Å². The Bertz CT molecular complexity index is 292. The smallest absolute Gasteiger partial charge is 0.321 e. The molecule has 2 rings (SSSR count). The van der Waals surface area contributed by atoms with Gasteiger partial charge >= 0.3 is 5.97 Å². The van der Waals surface area contributed by atoms with Crippen LogP contribution >= 0.6 is 11.8 Å². The molecule has 0 aromatic carbocycles. The molecule has 1 heterocycles. The Balaban J connectivity index is 2.09. The van der Waals surface area contributed by atoms with E-state index in [0.717, 1.165) is 6.42 Å². The Kier molecular flexibility index (Phi) is 2.54. The third-order valence-corrected chi connectivity index (χ3v) is 5.53. The van der Waals surface area contributed by atoms with Gasteiger partial charge in [-0.2, -0.15) is 0 Å². The van der Waals surface area contributed by atoms with Gasteiger partial charge in [0.1, 0.15) is 6.04 Å². The van der Waals surface area contributed by atoms with Crippen molar-refractivity contribution in [2.75, 3.05) is 5.75 Å². The number of hydrogen-bond acceptors (Lipinski definition) is 3. The standard InChI is InChI=1S/C11H19NO2S/c1-4-11(8-5-10(8,2)3)12-7(6-15-11)9(13)14/h7-8,12H,4-6H2,1-3H3,(H,13,14)/t7-,8?,11?/m0/s1. The lowest BCUT2D eigenvalue weighted by atomic mass is 10.0. The number of aliphatic carboxylic acids is 1. The second-order valence-electron chi connectivity index (χ2n) is 5.33. The fourth-order valence-corrected chi connectivity index (χ4v) is 4.38. The van der Waals surface area contributed by atoms with E-state index in [1.54, 1.807) is 0 Å². The highest BCUT2D eigenvalue weighted by Gasteiger charge is 2.60. The molecule has 0 aromatic rings. The van der Waals surface area contributed by atoms with Crippen LogP contribution in [0.5, 0.6) is 0 Å². The average molecular weight is 229 g/mol. The summed E-state index contributed by atoms with van der Waals surface area (Å²) in [5, 5.41) is 12.3. The van der Waals surface area contributed by atoms with Crippen LogP contribution in [0.1, 0.15) is 33.6 Å². The van der Waals surface area contributed by atoms with E-state index in [9.17, 15) is 4.79 Å². The highest BCUT2D eigenvalue weighted by molar-refractivity contribution is 8.01. The minimum Gasteiger partial charge on any atom is -0.480 e. The maximum atomic E-state index is 10.9. The summed E-state index contributed by atoms with van der Waals surface area (Å²) in [6.45, 7) is 6.69. The summed E-state index contributed by atoms with van der Waals surface area (Å²) in [6, 6.07) is -0.355. The van der Waals surface area contributed by atoms with Crippen LogP contribution in [0.3, 0.4) is 0 Å². The van der Waals surface area contributed by atoms with E-state index in [-0.39, 0.29) is 10.9 Å². The van der Waals surface area contributed by atoms with Crippen LogP contribution in [0.2, 0.25) is 0 Å². The lowest BCUT2D eigenvalue weighted by Gasteiger charge is -2.29. The fourth-order valence-electron chi connectivity index (χ4n) is 2.66. The second kappa shape index (κ2) is 3.39. The van der Waals surface area contributed by atoms with Crippen molar-refractivity contribution in [1.29, 1.82) is 0 Å².